The first-order valence-corrected chi connectivity index (χ1v) is 9.20. The van der Waals surface area contributed by atoms with E-state index in [0.717, 1.165) is 19.6 Å². The van der Waals surface area contributed by atoms with Gasteiger partial charge in [0.05, 0.1) is 16.6 Å². The van der Waals surface area contributed by atoms with Gasteiger partial charge in [-0.25, -0.2) is 0 Å². The van der Waals surface area contributed by atoms with Crippen LogP contribution >= 0.6 is 0 Å². The molecule has 2 nitrogen and oxygen atoms in total. The van der Waals surface area contributed by atoms with E-state index in [4.69, 9.17) is 0 Å². The highest BCUT2D eigenvalue weighted by Crippen LogP contribution is 2.38. The van der Waals surface area contributed by atoms with E-state index >= 15 is 0 Å². The normalized spacial score (nSPS) is 12.4. The molecule has 0 saturated heterocycles. The molecule has 0 aliphatic carbocycles. The smallest absolute Gasteiger partial charge is 0.0620 e. The topological polar surface area (TPSA) is 7.65 Å². The minimum absolute atomic E-state index is 1.02. The summed E-state index contributed by atoms with van der Waals surface area (Å²) >= 11 is 0. The van der Waals surface area contributed by atoms with E-state index in [0.29, 0.717) is 0 Å². The van der Waals surface area contributed by atoms with Crippen LogP contribution in [0.2, 0.25) is 0 Å². The van der Waals surface area contributed by atoms with Gasteiger partial charge in [-0.15, -0.1) is 0 Å². The molecule has 0 atom stereocenters. The Balaban J connectivity index is 1.84. The van der Waals surface area contributed by atoms with Gasteiger partial charge in [-0.05, 0) is 36.9 Å². The number of para-hydroxylation sites is 2. The van der Waals surface area contributed by atoms with Gasteiger partial charge in [-0.3, -0.25) is 4.90 Å². The van der Waals surface area contributed by atoms with Crippen molar-refractivity contribution in [3.8, 4) is 0 Å². The number of fused-ring (bicyclic) bond motifs is 6. The predicted octanol–water partition coefficient (Wildman–Crippen LogP) is 5.68. The largest absolute Gasteiger partial charge is 0.308 e. The van der Waals surface area contributed by atoms with Gasteiger partial charge < -0.3 is 4.40 Å². The molecule has 2 heterocycles. The maximum atomic E-state index is 2.47. The second-order valence-electron chi connectivity index (χ2n) is 6.87. The minimum Gasteiger partial charge on any atom is -0.308 e. The van der Waals surface area contributed by atoms with Gasteiger partial charge in [0.15, 0.2) is 0 Å². The number of nitrogens with zero attached hydrogens (tertiary/aromatic N) is 2. The van der Waals surface area contributed by atoms with Gasteiger partial charge >= 0.3 is 0 Å². The molecular formula is C23H22N2. The van der Waals surface area contributed by atoms with Crippen molar-refractivity contribution in [2.24, 2.45) is 0 Å². The highest BCUT2D eigenvalue weighted by molar-refractivity contribution is 6.23. The summed E-state index contributed by atoms with van der Waals surface area (Å²) in [7, 11) is 0. The van der Waals surface area contributed by atoms with Crippen LogP contribution < -0.4 is 0 Å². The van der Waals surface area contributed by atoms with Gasteiger partial charge in [0, 0.05) is 28.1 Å². The van der Waals surface area contributed by atoms with Crippen molar-refractivity contribution in [1.82, 2.24) is 9.30 Å². The molecule has 5 rings (SSSR count). The lowest BCUT2D eigenvalue weighted by atomic mass is 10.1. The molecule has 0 amide bonds. The van der Waals surface area contributed by atoms with Gasteiger partial charge in [0.1, 0.15) is 0 Å². The van der Waals surface area contributed by atoms with Crippen molar-refractivity contribution in [2.45, 2.75) is 20.4 Å². The summed E-state index contributed by atoms with van der Waals surface area (Å²) < 4.78 is 2.44. The lowest BCUT2D eigenvalue weighted by Crippen LogP contribution is -2.21. The van der Waals surface area contributed by atoms with Crippen LogP contribution in [0.5, 0.6) is 0 Å². The number of hydrogen-bond donors (Lipinski definition) is 0. The second kappa shape index (κ2) is 5.47. The molecule has 5 aromatic rings. The molecule has 3 aromatic carbocycles. The Kier molecular flexibility index (Phi) is 3.22. The lowest BCUT2D eigenvalue weighted by Gasteiger charge is -2.18. The molecule has 0 radical (unpaired) electrons. The molecule has 0 saturated carbocycles. The fourth-order valence-corrected chi connectivity index (χ4v) is 4.28. The van der Waals surface area contributed by atoms with Crippen LogP contribution in [-0.2, 0) is 6.54 Å². The van der Waals surface area contributed by atoms with E-state index in [1.54, 1.807) is 0 Å². The Morgan fingerprint density at radius 3 is 2.20 bits per heavy atom. The van der Waals surface area contributed by atoms with E-state index in [2.05, 4.69) is 83.8 Å². The van der Waals surface area contributed by atoms with E-state index in [1.165, 1.54) is 43.7 Å². The lowest BCUT2D eigenvalue weighted by molar-refractivity contribution is 0.296. The molecule has 0 fully saturated rings. The van der Waals surface area contributed by atoms with Crippen molar-refractivity contribution < 1.29 is 0 Å². The number of aromatic nitrogens is 1. The number of rotatable bonds is 4. The Hall–Kier alpha value is -2.58. The van der Waals surface area contributed by atoms with Crippen LogP contribution in [0.4, 0.5) is 0 Å². The highest BCUT2D eigenvalue weighted by atomic mass is 15.1. The van der Waals surface area contributed by atoms with Gasteiger partial charge in [0.2, 0.25) is 0 Å². The summed E-state index contributed by atoms with van der Waals surface area (Å²) in [5, 5.41) is 5.44. The zero-order valence-electron chi connectivity index (χ0n) is 14.8. The van der Waals surface area contributed by atoms with E-state index < -0.39 is 0 Å². The van der Waals surface area contributed by atoms with E-state index in [9.17, 15) is 0 Å². The first-order chi connectivity index (χ1) is 12.3. The first kappa shape index (κ1) is 14.7. The molecular weight excluding hydrogens is 304 g/mol. The standard InChI is InChI=1S/C23H22N2/c1-3-24(4-2)15-16-12-13-22-20(14-16)19-10-7-9-18-17-8-5-6-11-21(17)25(22)23(18)19/h5-14H,3-4,15H2,1-2H3. The van der Waals surface area contributed by atoms with Crippen molar-refractivity contribution in [3.63, 3.8) is 0 Å². The van der Waals surface area contributed by atoms with Crippen molar-refractivity contribution >= 4 is 38.1 Å². The third-order valence-electron chi connectivity index (χ3n) is 5.59. The summed E-state index contributed by atoms with van der Waals surface area (Å²) in [5.74, 6) is 0. The second-order valence-corrected chi connectivity index (χ2v) is 6.87. The summed E-state index contributed by atoms with van der Waals surface area (Å²) in [6.07, 6.45) is 0. The average Bonchev–Trinajstić information content (AvgIpc) is 3.17. The van der Waals surface area contributed by atoms with Crippen molar-refractivity contribution in [3.05, 3.63) is 66.2 Å². The van der Waals surface area contributed by atoms with E-state index in [-0.39, 0.29) is 0 Å². The average molecular weight is 326 g/mol. The Labute approximate surface area is 147 Å². The van der Waals surface area contributed by atoms with Crippen LogP contribution in [0.15, 0.2) is 60.7 Å². The number of benzene rings is 3. The van der Waals surface area contributed by atoms with Crippen LogP contribution in [0.25, 0.3) is 38.1 Å². The molecule has 0 aliphatic rings. The Morgan fingerprint density at radius 1 is 0.720 bits per heavy atom. The number of hydrogen-bond acceptors (Lipinski definition) is 1. The molecule has 0 spiro atoms. The maximum absolute atomic E-state index is 2.47. The quantitative estimate of drug-likeness (QED) is 0.412. The van der Waals surface area contributed by atoms with Crippen LogP contribution in [-0.4, -0.2) is 22.4 Å². The predicted molar refractivity (Wildman–Crippen MR) is 108 cm³/mol. The van der Waals surface area contributed by atoms with Gasteiger partial charge in [-0.1, -0.05) is 56.3 Å². The zero-order valence-corrected chi connectivity index (χ0v) is 14.8. The fraction of sp³-hybridized carbons (Fsp3) is 0.217. The summed E-state index contributed by atoms with van der Waals surface area (Å²) in [6, 6.07) is 22.4. The maximum Gasteiger partial charge on any atom is 0.0620 e. The Bertz CT molecular complexity index is 1190. The molecule has 0 unspecified atom stereocenters. The first-order valence-electron chi connectivity index (χ1n) is 9.20. The summed E-state index contributed by atoms with van der Waals surface area (Å²) in [6.45, 7) is 7.67. The van der Waals surface area contributed by atoms with Crippen LogP contribution in [0.1, 0.15) is 19.4 Å². The molecule has 0 N–H and O–H groups in total. The van der Waals surface area contributed by atoms with E-state index in [1.807, 2.05) is 0 Å². The third-order valence-corrected chi connectivity index (χ3v) is 5.59. The molecule has 2 heteroatoms. The summed E-state index contributed by atoms with van der Waals surface area (Å²) in [4.78, 5) is 2.47. The third kappa shape index (κ3) is 2.01. The molecule has 2 aromatic heterocycles. The minimum atomic E-state index is 1.02. The molecule has 0 aliphatic heterocycles. The van der Waals surface area contributed by atoms with Gasteiger partial charge in [-0.2, -0.15) is 0 Å². The van der Waals surface area contributed by atoms with Crippen molar-refractivity contribution in [2.75, 3.05) is 13.1 Å². The zero-order chi connectivity index (χ0) is 17.0. The molecule has 0 bridgehead atoms. The summed E-state index contributed by atoms with van der Waals surface area (Å²) in [5.41, 5.74) is 5.38. The van der Waals surface area contributed by atoms with Crippen molar-refractivity contribution in [1.29, 1.82) is 0 Å². The Morgan fingerprint density at radius 2 is 1.40 bits per heavy atom. The molecule has 25 heavy (non-hydrogen) atoms. The van der Waals surface area contributed by atoms with Crippen LogP contribution in [0, 0.1) is 0 Å². The highest BCUT2D eigenvalue weighted by Gasteiger charge is 2.16. The molecule has 124 valence electrons. The fourth-order valence-electron chi connectivity index (χ4n) is 4.28. The SMILES string of the molecule is CCN(CC)Cc1ccc2c(c1)c1cccc3c4ccccc4n2c31. The van der Waals surface area contributed by atoms with Gasteiger partial charge in [0.25, 0.3) is 0 Å². The van der Waals surface area contributed by atoms with Crippen LogP contribution in [0.3, 0.4) is 0 Å². The monoisotopic (exact) mass is 326 g/mol.